The van der Waals surface area contributed by atoms with Crippen LogP contribution in [0.25, 0.3) is 10.9 Å². The van der Waals surface area contributed by atoms with Gasteiger partial charge < -0.3 is 9.67 Å². The molecule has 20 heavy (non-hydrogen) atoms. The number of carboxylic acid groups (broad SMARTS) is 1. The van der Waals surface area contributed by atoms with E-state index < -0.39 is 5.97 Å². The van der Waals surface area contributed by atoms with Crippen molar-refractivity contribution in [2.75, 3.05) is 0 Å². The SMILES string of the molecule is O=C(O)c1cncnc1Cn1ccc2cc(Br)ccc21. The summed E-state index contributed by atoms with van der Waals surface area (Å²) in [6.45, 7) is 0.398. The van der Waals surface area contributed by atoms with Gasteiger partial charge in [-0.1, -0.05) is 15.9 Å². The highest BCUT2D eigenvalue weighted by Gasteiger charge is 2.12. The maximum absolute atomic E-state index is 11.2. The Morgan fingerprint density at radius 2 is 2.20 bits per heavy atom. The second-order valence-corrected chi connectivity index (χ2v) is 5.25. The molecular weight excluding hydrogens is 322 g/mol. The van der Waals surface area contributed by atoms with Gasteiger partial charge in [-0.3, -0.25) is 0 Å². The van der Waals surface area contributed by atoms with Crippen LogP contribution in [0, 0.1) is 0 Å². The number of benzene rings is 1. The first-order valence-electron chi connectivity index (χ1n) is 5.92. The summed E-state index contributed by atoms with van der Waals surface area (Å²) < 4.78 is 2.98. The molecule has 2 aromatic heterocycles. The summed E-state index contributed by atoms with van der Waals surface area (Å²) in [5.74, 6) is -1.01. The van der Waals surface area contributed by atoms with Gasteiger partial charge in [0.2, 0.25) is 0 Å². The fourth-order valence-corrected chi connectivity index (χ4v) is 2.51. The summed E-state index contributed by atoms with van der Waals surface area (Å²) in [4.78, 5) is 19.0. The molecule has 0 aliphatic rings. The maximum Gasteiger partial charge on any atom is 0.339 e. The first kappa shape index (κ1) is 12.8. The van der Waals surface area contributed by atoms with Gasteiger partial charge in [0.05, 0.1) is 12.2 Å². The molecule has 3 aromatic rings. The van der Waals surface area contributed by atoms with E-state index in [2.05, 4.69) is 25.9 Å². The zero-order valence-electron chi connectivity index (χ0n) is 10.3. The lowest BCUT2D eigenvalue weighted by Gasteiger charge is -2.07. The highest BCUT2D eigenvalue weighted by molar-refractivity contribution is 9.10. The molecule has 100 valence electrons. The molecule has 0 amide bonds. The molecule has 0 radical (unpaired) electrons. The summed E-state index contributed by atoms with van der Waals surface area (Å²) >= 11 is 3.43. The lowest BCUT2D eigenvalue weighted by molar-refractivity contribution is 0.0694. The number of carbonyl (C=O) groups is 1. The molecule has 0 bridgehead atoms. The predicted octanol–water partition coefficient (Wildman–Crippen LogP) is 2.94. The van der Waals surface area contributed by atoms with Crippen molar-refractivity contribution in [2.45, 2.75) is 6.54 Å². The number of carboxylic acids is 1. The molecule has 0 fully saturated rings. The van der Waals surface area contributed by atoms with Crippen LogP contribution < -0.4 is 0 Å². The molecule has 6 heteroatoms. The van der Waals surface area contributed by atoms with Crippen molar-refractivity contribution in [3.63, 3.8) is 0 Å². The van der Waals surface area contributed by atoms with E-state index >= 15 is 0 Å². The van der Waals surface area contributed by atoms with Crippen molar-refractivity contribution < 1.29 is 9.90 Å². The Labute approximate surface area is 123 Å². The molecule has 0 unspecified atom stereocenters. The molecule has 1 aromatic carbocycles. The van der Waals surface area contributed by atoms with Crippen molar-refractivity contribution in [1.29, 1.82) is 0 Å². The highest BCUT2D eigenvalue weighted by atomic mass is 79.9. The smallest absolute Gasteiger partial charge is 0.339 e. The lowest BCUT2D eigenvalue weighted by Crippen LogP contribution is -2.09. The number of hydrogen-bond donors (Lipinski definition) is 1. The minimum atomic E-state index is -1.01. The second-order valence-electron chi connectivity index (χ2n) is 4.34. The average Bonchev–Trinajstić information content (AvgIpc) is 2.81. The van der Waals surface area contributed by atoms with E-state index in [9.17, 15) is 4.79 Å². The summed E-state index contributed by atoms with van der Waals surface area (Å²) in [6, 6.07) is 7.95. The van der Waals surface area contributed by atoms with Crippen LogP contribution in [0.5, 0.6) is 0 Å². The van der Waals surface area contributed by atoms with Gasteiger partial charge in [-0.25, -0.2) is 14.8 Å². The van der Waals surface area contributed by atoms with E-state index in [0.717, 1.165) is 15.4 Å². The Morgan fingerprint density at radius 1 is 1.35 bits per heavy atom. The summed E-state index contributed by atoms with van der Waals surface area (Å²) in [5, 5.41) is 10.2. The quantitative estimate of drug-likeness (QED) is 0.801. The minimum absolute atomic E-state index is 0.131. The first-order valence-corrected chi connectivity index (χ1v) is 6.71. The van der Waals surface area contributed by atoms with E-state index in [4.69, 9.17) is 5.11 Å². The van der Waals surface area contributed by atoms with Crippen LogP contribution in [-0.4, -0.2) is 25.6 Å². The molecule has 5 nitrogen and oxygen atoms in total. The van der Waals surface area contributed by atoms with Crippen LogP contribution in [0.15, 0.2) is 47.5 Å². The molecule has 0 aliphatic carbocycles. The Kier molecular flexibility index (Phi) is 3.23. The van der Waals surface area contributed by atoms with Crippen LogP contribution in [0.4, 0.5) is 0 Å². The van der Waals surface area contributed by atoms with Crippen molar-refractivity contribution in [3.05, 3.63) is 58.7 Å². The third-order valence-corrected chi connectivity index (χ3v) is 3.57. The van der Waals surface area contributed by atoms with Gasteiger partial charge in [0.25, 0.3) is 0 Å². The topological polar surface area (TPSA) is 68.0 Å². The first-order chi connectivity index (χ1) is 9.65. The number of aromatic nitrogens is 3. The van der Waals surface area contributed by atoms with E-state index in [1.807, 2.05) is 35.0 Å². The second kappa shape index (κ2) is 5.05. The molecule has 0 aliphatic heterocycles. The van der Waals surface area contributed by atoms with Crippen molar-refractivity contribution >= 4 is 32.8 Å². The monoisotopic (exact) mass is 331 g/mol. The predicted molar refractivity (Wildman–Crippen MR) is 77.7 cm³/mol. The normalized spacial score (nSPS) is 10.8. The number of aromatic carboxylic acids is 1. The number of fused-ring (bicyclic) bond motifs is 1. The largest absolute Gasteiger partial charge is 0.478 e. The fraction of sp³-hybridized carbons (Fsp3) is 0.0714. The van der Waals surface area contributed by atoms with Gasteiger partial charge >= 0.3 is 5.97 Å². The molecular formula is C14H10BrN3O2. The molecule has 3 rings (SSSR count). The van der Waals surface area contributed by atoms with E-state index in [0.29, 0.717) is 12.2 Å². The standard InChI is InChI=1S/C14H10BrN3O2/c15-10-1-2-13-9(5-10)3-4-18(13)7-12-11(14(19)20)6-16-8-17-12/h1-6,8H,7H2,(H,19,20). The molecule has 0 atom stereocenters. The molecule has 0 spiro atoms. The van der Waals surface area contributed by atoms with E-state index in [-0.39, 0.29) is 5.56 Å². The average molecular weight is 332 g/mol. The van der Waals surface area contributed by atoms with Crippen molar-refractivity contribution in [3.8, 4) is 0 Å². The number of hydrogen-bond acceptors (Lipinski definition) is 3. The summed E-state index contributed by atoms with van der Waals surface area (Å²) in [6.07, 6.45) is 4.61. The Bertz CT molecular complexity index is 798. The Hall–Kier alpha value is -2.21. The number of nitrogens with zero attached hydrogens (tertiary/aromatic N) is 3. The minimum Gasteiger partial charge on any atom is -0.478 e. The van der Waals surface area contributed by atoms with Gasteiger partial charge in [0, 0.05) is 27.8 Å². The zero-order valence-corrected chi connectivity index (χ0v) is 11.9. The summed E-state index contributed by atoms with van der Waals surface area (Å²) in [7, 11) is 0. The van der Waals surface area contributed by atoms with Crippen LogP contribution in [0.1, 0.15) is 16.1 Å². The van der Waals surface area contributed by atoms with Gasteiger partial charge in [0.15, 0.2) is 0 Å². The van der Waals surface area contributed by atoms with Gasteiger partial charge in [-0.05, 0) is 24.3 Å². The highest BCUT2D eigenvalue weighted by Crippen LogP contribution is 2.21. The van der Waals surface area contributed by atoms with Gasteiger partial charge in [0.1, 0.15) is 11.9 Å². The number of rotatable bonds is 3. The van der Waals surface area contributed by atoms with Crippen LogP contribution in [0.2, 0.25) is 0 Å². The number of halogens is 1. The molecule has 0 saturated heterocycles. The van der Waals surface area contributed by atoms with Crippen LogP contribution in [0.3, 0.4) is 0 Å². The maximum atomic E-state index is 11.2. The molecule has 2 heterocycles. The van der Waals surface area contributed by atoms with Crippen molar-refractivity contribution in [2.24, 2.45) is 0 Å². The van der Waals surface area contributed by atoms with Crippen molar-refractivity contribution in [1.82, 2.24) is 14.5 Å². The van der Waals surface area contributed by atoms with Crippen LogP contribution >= 0.6 is 15.9 Å². The third kappa shape index (κ3) is 2.30. The van der Waals surface area contributed by atoms with E-state index in [1.165, 1.54) is 12.5 Å². The molecule has 0 saturated carbocycles. The van der Waals surface area contributed by atoms with Gasteiger partial charge in [-0.2, -0.15) is 0 Å². The Morgan fingerprint density at radius 3 is 3.00 bits per heavy atom. The Balaban J connectivity index is 2.04. The van der Waals surface area contributed by atoms with Crippen LogP contribution in [-0.2, 0) is 6.54 Å². The molecule has 1 N–H and O–H groups in total. The van der Waals surface area contributed by atoms with Gasteiger partial charge in [-0.15, -0.1) is 0 Å². The van der Waals surface area contributed by atoms with E-state index in [1.54, 1.807) is 0 Å². The fourth-order valence-electron chi connectivity index (χ4n) is 2.13. The lowest BCUT2D eigenvalue weighted by atomic mass is 10.2. The summed E-state index contributed by atoms with van der Waals surface area (Å²) in [5.41, 5.74) is 1.66. The zero-order chi connectivity index (χ0) is 14.1. The third-order valence-electron chi connectivity index (χ3n) is 3.08.